The molecule has 2 nitrogen and oxygen atoms in total. The normalized spacial score (nSPS) is 12.1. The number of nitrogens with one attached hydrogen (secondary N) is 1. The molecule has 2 rings (SSSR count). The zero-order valence-electron chi connectivity index (χ0n) is 9.40. The van der Waals surface area contributed by atoms with E-state index in [9.17, 15) is 4.79 Å². The first kappa shape index (κ1) is 13.8. The molecule has 0 aliphatic rings. The van der Waals surface area contributed by atoms with Crippen molar-refractivity contribution in [2.75, 3.05) is 6.54 Å². The first-order chi connectivity index (χ1) is 8.66. The van der Waals surface area contributed by atoms with E-state index in [0.29, 0.717) is 12.1 Å². The number of thiophene rings is 1. The molecule has 1 amide bonds. The molecule has 1 aromatic heterocycles. The van der Waals surface area contributed by atoms with Crippen molar-refractivity contribution >= 4 is 49.1 Å². The molecule has 0 fully saturated rings. The number of carbonyl (C=O) groups is 1. The van der Waals surface area contributed by atoms with Crippen LogP contribution in [0.15, 0.2) is 45.6 Å². The molecule has 0 saturated heterocycles. The Hall–Kier alpha value is -0.650. The Morgan fingerprint density at radius 2 is 2.06 bits per heavy atom. The van der Waals surface area contributed by atoms with Crippen LogP contribution in [0.25, 0.3) is 0 Å². The molecule has 0 aliphatic heterocycles. The van der Waals surface area contributed by atoms with Gasteiger partial charge >= 0.3 is 0 Å². The number of carbonyl (C=O) groups excluding carboxylic acids is 1. The van der Waals surface area contributed by atoms with Crippen LogP contribution in [0.3, 0.4) is 0 Å². The third-order valence-corrected chi connectivity index (χ3v) is 4.79. The summed E-state index contributed by atoms with van der Waals surface area (Å²) in [7, 11) is 0. The van der Waals surface area contributed by atoms with Crippen LogP contribution in [0.4, 0.5) is 0 Å². The minimum absolute atomic E-state index is 0.0441. The Kier molecular flexibility index (Phi) is 4.97. The van der Waals surface area contributed by atoms with Gasteiger partial charge in [-0.05, 0) is 27.6 Å². The quantitative estimate of drug-likeness (QED) is 0.773. The van der Waals surface area contributed by atoms with Gasteiger partial charge < -0.3 is 5.32 Å². The predicted molar refractivity (Wildman–Crippen MR) is 82.5 cm³/mol. The summed E-state index contributed by atoms with van der Waals surface area (Å²) in [5.74, 6) is -0.0441. The van der Waals surface area contributed by atoms with E-state index in [-0.39, 0.29) is 10.7 Å². The van der Waals surface area contributed by atoms with E-state index in [1.165, 1.54) is 11.3 Å². The zero-order chi connectivity index (χ0) is 13.0. The molecule has 0 spiro atoms. The maximum Gasteiger partial charge on any atom is 0.252 e. The standard InChI is InChI=1S/C13H11Br2NOS/c14-11(9-4-2-1-3-5-9)7-16-13(17)10-6-12(15)18-8-10/h1-6,8,11H,7H2,(H,16,17). The molecule has 0 bridgehead atoms. The lowest BCUT2D eigenvalue weighted by Crippen LogP contribution is -2.26. The SMILES string of the molecule is O=C(NCC(Br)c1ccccc1)c1csc(Br)c1. The lowest BCUT2D eigenvalue weighted by atomic mass is 10.1. The average Bonchev–Trinajstić information content (AvgIpc) is 2.83. The van der Waals surface area contributed by atoms with Crippen LogP contribution >= 0.6 is 43.2 Å². The number of benzene rings is 1. The summed E-state index contributed by atoms with van der Waals surface area (Å²) < 4.78 is 0.964. The Morgan fingerprint density at radius 3 is 2.67 bits per heavy atom. The average molecular weight is 389 g/mol. The van der Waals surface area contributed by atoms with Gasteiger partial charge in [-0.1, -0.05) is 46.3 Å². The topological polar surface area (TPSA) is 29.1 Å². The van der Waals surface area contributed by atoms with E-state index in [1.54, 1.807) is 0 Å². The van der Waals surface area contributed by atoms with Crippen molar-refractivity contribution in [2.45, 2.75) is 4.83 Å². The highest BCUT2D eigenvalue weighted by molar-refractivity contribution is 9.11. The molecule has 0 radical (unpaired) electrons. The fourth-order valence-corrected chi connectivity index (χ4v) is 3.10. The Morgan fingerprint density at radius 1 is 1.33 bits per heavy atom. The van der Waals surface area contributed by atoms with E-state index in [4.69, 9.17) is 0 Å². The molecular weight excluding hydrogens is 378 g/mol. The van der Waals surface area contributed by atoms with Crippen molar-refractivity contribution in [3.05, 3.63) is 56.7 Å². The zero-order valence-corrected chi connectivity index (χ0v) is 13.4. The van der Waals surface area contributed by atoms with Gasteiger partial charge in [0.15, 0.2) is 0 Å². The summed E-state index contributed by atoms with van der Waals surface area (Å²) >= 11 is 8.42. The van der Waals surface area contributed by atoms with E-state index < -0.39 is 0 Å². The van der Waals surface area contributed by atoms with Gasteiger partial charge in [0.2, 0.25) is 0 Å². The number of rotatable bonds is 4. The van der Waals surface area contributed by atoms with Crippen LogP contribution in [-0.4, -0.2) is 12.5 Å². The molecule has 0 saturated carbocycles. The van der Waals surface area contributed by atoms with Gasteiger partial charge in [0.1, 0.15) is 0 Å². The second kappa shape index (κ2) is 6.50. The first-order valence-electron chi connectivity index (χ1n) is 5.38. The van der Waals surface area contributed by atoms with Gasteiger partial charge in [0, 0.05) is 11.9 Å². The number of halogens is 2. The third kappa shape index (κ3) is 3.67. The predicted octanol–water partition coefficient (Wildman–Crippen LogP) is 4.38. The smallest absolute Gasteiger partial charge is 0.252 e. The van der Waals surface area contributed by atoms with Crippen LogP contribution in [0.1, 0.15) is 20.7 Å². The van der Waals surface area contributed by atoms with Crippen molar-refractivity contribution in [1.29, 1.82) is 0 Å². The van der Waals surface area contributed by atoms with Crippen molar-refractivity contribution in [2.24, 2.45) is 0 Å². The van der Waals surface area contributed by atoms with Crippen molar-refractivity contribution < 1.29 is 4.79 Å². The van der Waals surface area contributed by atoms with Gasteiger partial charge in [-0.25, -0.2) is 0 Å². The summed E-state index contributed by atoms with van der Waals surface area (Å²) in [6.45, 7) is 0.566. The van der Waals surface area contributed by atoms with Gasteiger partial charge in [0.25, 0.3) is 5.91 Å². The van der Waals surface area contributed by atoms with Crippen LogP contribution in [-0.2, 0) is 0 Å². The molecule has 1 atom stereocenters. The molecule has 1 N–H and O–H groups in total. The summed E-state index contributed by atoms with van der Waals surface area (Å²) in [4.78, 5) is 12.0. The highest BCUT2D eigenvalue weighted by Gasteiger charge is 2.11. The van der Waals surface area contributed by atoms with Gasteiger partial charge in [-0.2, -0.15) is 0 Å². The molecule has 18 heavy (non-hydrogen) atoms. The molecule has 0 aliphatic carbocycles. The molecule has 2 aromatic rings. The maximum absolute atomic E-state index is 11.8. The highest BCUT2D eigenvalue weighted by Crippen LogP contribution is 2.22. The van der Waals surface area contributed by atoms with E-state index in [1.807, 2.05) is 41.8 Å². The van der Waals surface area contributed by atoms with Crippen LogP contribution in [0.5, 0.6) is 0 Å². The largest absolute Gasteiger partial charge is 0.351 e. The lowest BCUT2D eigenvalue weighted by Gasteiger charge is -2.10. The number of alkyl halides is 1. The summed E-state index contributed by atoms with van der Waals surface area (Å²) in [5.41, 5.74) is 1.85. The van der Waals surface area contributed by atoms with E-state index >= 15 is 0 Å². The van der Waals surface area contributed by atoms with Crippen LogP contribution < -0.4 is 5.32 Å². The summed E-state index contributed by atoms with van der Waals surface area (Å²) in [5, 5.41) is 4.75. The van der Waals surface area contributed by atoms with Gasteiger partial charge in [0.05, 0.1) is 14.2 Å². The molecular formula is C13H11Br2NOS. The number of hydrogen-bond acceptors (Lipinski definition) is 2. The van der Waals surface area contributed by atoms with Crippen molar-refractivity contribution in [3.8, 4) is 0 Å². The van der Waals surface area contributed by atoms with Crippen molar-refractivity contribution in [1.82, 2.24) is 5.32 Å². The maximum atomic E-state index is 11.8. The van der Waals surface area contributed by atoms with Gasteiger partial charge in [-0.15, -0.1) is 11.3 Å². The Labute approximate surface area is 127 Å². The van der Waals surface area contributed by atoms with E-state index in [2.05, 4.69) is 37.2 Å². The Balaban J connectivity index is 1.90. The third-order valence-electron chi connectivity index (χ3n) is 2.43. The fraction of sp³-hybridized carbons (Fsp3) is 0.154. The van der Waals surface area contributed by atoms with Crippen LogP contribution in [0, 0.1) is 0 Å². The van der Waals surface area contributed by atoms with Crippen molar-refractivity contribution in [3.63, 3.8) is 0 Å². The molecule has 1 heterocycles. The first-order valence-corrected chi connectivity index (χ1v) is 7.97. The van der Waals surface area contributed by atoms with E-state index in [0.717, 1.165) is 9.35 Å². The molecule has 94 valence electrons. The van der Waals surface area contributed by atoms with Gasteiger partial charge in [-0.3, -0.25) is 4.79 Å². The van der Waals surface area contributed by atoms with Crippen LogP contribution in [0.2, 0.25) is 0 Å². The Bertz CT molecular complexity index is 527. The monoisotopic (exact) mass is 387 g/mol. The summed E-state index contributed by atoms with van der Waals surface area (Å²) in [6.07, 6.45) is 0. The molecule has 5 heteroatoms. The second-order valence-corrected chi connectivity index (χ2v) is 7.12. The number of hydrogen-bond donors (Lipinski definition) is 1. The fourth-order valence-electron chi connectivity index (χ4n) is 1.49. The molecule has 1 unspecified atom stereocenters. The minimum Gasteiger partial charge on any atom is -0.351 e. The minimum atomic E-state index is -0.0441. The molecule has 1 aromatic carbocycles. The number of amides is 1. The lowest BCUT2D eigenvalue weighted by molar-refractivity contribution is 0.0954. The highest BCUT2D eigenvalue weighted by atomic mass is 79.9. The second-order valence-electron chi connectivity index (χ2n) is 3.73. The summed E-state index contributed by atoms with van der Waals surface area (Å²) in [6, 6.07) is 11.8.